The third-order valence-electron chi connectivity index (χ3n) is 4.68. The molecule has 2 atom stereocenters. The summed E-state index contributed by atoms with van der Waals surface area (Å²) in [6.07, 6.45) is 4.85. The molecule has 0 saturated heterocycles. The number of aliphatic hydroxyl groups excluding tert-OH is 1. The first kappa shape index (κ1) is 17.9. The Morgan fingerprint density at radius 3 is 2.50 bits per heavy atom. The summed E-state index contributed by atoms with van der Waals surface area (Å²) in [6.45, 7) is 15.0. The molecule has 0 aromatic rings. The molecule has 1 rings (SSSR count). The Labute approximate surface area is 126 Å². The van der Waals surface area contributed by atoms with Gasteiger partial charge in [0, 0.05) is 18.1 Å². The summed E-state index contributed by atoms with van der Waals surface area (Å²) in [5.41, 5.74) is -0.0224. The zero-order valence-electron chi connectivity index (χ0n) is 14.3. The van der Waals surface area contributed by atoms with E-state index in [1.54, 1.807) is 0 Å². The number of nitrogens with one attached hydrogen (secondary N) is 1. The van der Waals surface area contributed by atoms with Crippen molar-refractivity contribution < 1.29 is 5.11 Å². The lowest BCUT2D eigenvalue weighted by atomic mass is 9.84. The molecule has 2 N–H and O–H groups in total. The highest BCUT2D eigenvalue weighted by atomic mass is 16.3. The Balaban J connectivity index is 2.55. The number of nitrogens with zero attached hydrogens (tertiary/aromatic N) is 1. The van der Waals surface area contributed by atoms with Crippen LogP contribution in [0.5, 0.6) is 0 Å². The van der Waals surface area contributed by atoms with Gasteiger partial charge in [-0.3, -0.25) is 0 Å². The molecule has 0 amide bonds. The maximum absolute atomic E-state index is 9.93. The zero-order chi connectivity index (χ0) is 15.2. The van der Waals surface area contributed by atoms with Crippen LogP contribution in [-0.2, 0) is 0 Å². The van der Waals surface area contributed by atoms with Crippen molar-refractivity contribution in [3.8, 4) is 0 Å². The fourth-order valence-corrected chi connectivity index (χ4v) is 3.82. The van der Waals surface area contributed by atoms with Gasteiger partial charge < -0.3 is 15.3 Å². The number of aliphatic hydroxyl groups is 1. The number of hydrogen-bond acceptors (Lipinski definition) is 3. The Morgan fingerprint density at radius 1 is 1.30 bits per heavy atom. The molecule has 0 heterocycles. The van der Waals surface area contributed by atoms with E-state index in [0.717, 1.165) is 18.9 Å². The van der Waals surface area contributed by atoms with E-state index in [2.05, 4.69) is 44.8 Å². The third-order valence-corrected chi connectivity index (χ3v) is 4.68. The molecule has 1 aliphatic rings. The average molecular weight is 284 g/mol. The van der Waals surface area contributed by atoms with Gasteiger partial charge >= 0.3 is 0 Å². The van der Waals surface area contributed by atoms with Crippen LogP contribution in [0.1, 0.15) is 60.3 Å². The van der Waals surface area contributed by atoms with Gasteiger partial charge in [-0.15, -0.1) is 0 Å². The molecule has 0 aromatic carbocycles. The van der Waals surface area contributed by atoms with E-state index in [1.165, 1.54) is 32.4 Å². The molecule has 0 aliphatic heterocycles. The van der Waals surface area contributed by atoms with Crippen LogP contribution >= 0.6 is 0 Å². The highest BCUT2D eigenvalue weighted by Crippen LogP contribution is 2.38. The highest BCUT2D eigenvalue weighted by Gasteiger charge is 2.42. The summed E-state index contributed by atoms with van der Waals surface area (Å²) in [4.78, 5) is 2.56. The first-order chi connectivity index (χ1) is 9.43. The molecule has 1 saturated carbocycles. The van der Waals surface area contributed by atoms with Crippen molar-refractivity contribution in [3.05, 3.63) is 0 Å². The van der Waals surface area contributed by atoms with E-state index >= 15 is 0 Å². The Hall–Kier alpha value is -0.120. The summed E-state index contributed by atoms with van der Waals surface area (Å²) < 4.78 is 0. The molecule has 0 spiro atoms. The smallest absolute Gasteiger partial charge is 0.0616 e. The van der Waals surface area contributed by atoms with E-state index in [1.807, 2.05) is 0 Å². The van der Waals surface area contributed by atoms with Gasteiger partial charge in [0.25, 0.3) is 0 Å². The van der Waals surface area contributed by atoms with Gasteiger partial charge in [0.2, 0.25) is 0 Å². The summed E-state index contributed by atoms with van der Waals surface area (Å²) >= 11 is 0. The molecule has 0 bridgehead atoms. The van der Waals surface area contributed by atoms with Crippen LogP contribution in [-0.4, -0.2) is 47.8 Å². The Kier molecular flexibility index (Phi) is 7.49. The average Bonchev–Trinajstić information content (AvgIpc) is 2.76. The minimum Gasteiger partial charge on any atom is -0.394 e. The third kappa shape index (κ3) is 5.01. The molecule has 120 valence electrons. The second-order valence-electron chi connectivity index (χ2n) is 7.28. The maximum Gasteiger partial charge on any atom is 0.0616 e. The van der Waals surface area contributed by atoms with Gasteiger partial charge in [-0.25, -0.2) is 0 Å². The topological polar surface area (TPSA) is 35.5 Å². The Morgan fingerprint density at radius 2 is 2.00 bits per heavy atom. The molecule has 20 heavy (non-hydrogen) atoms. The monoisotopic (exact) mass is 284 g/mol. The van der Waals surface area contributed by atoms with Gasteiger partial charge in [0.1, 0.15) is 0 Å². The molecule has 3 nitrogen and oxygen atoms in total. The lowest BCUT2D eigenvalue weighted by Crippen LogP contribution is -2.54. The first-order valence-corrected chi connectivity index (χ1v) is 8.54. The molecular formula is C17H36N2O. The summed E-state index contributed by atoms with van der Waals surface area (Å²) in [5, 5.41) is 13.6. The molecular weight excluding hydrogens is 248 g/mol. The van der Waals surface area contributed by atoms with Crippen molar-refractivity contribution in [2.75, 3.05) is 26.2 Å². The zero-order valence-corrected chi connectivity index (χ0v) is 14.3. The van der Waals surface area contributed by atoms with Crippen molar-refractivity contribution in [1.29, 1.82) is 0 Å². The van der Waals surface area contributed by atoms with Gasteiger partial charge in [0.05, 0.1) is 6.61 Å². The minimum absolute atomic E-state index is 0.0224. The second-order valence-corrected chi connectivity index (χ2v) is 7.28. The molecule has 2 unspecified atom stereocenters. The SMILES string of the molecule is CCN(CCC1CCCC1(CO)NC(C)C)CC(C)C. The molecule has 3 heteroatoms. The highest BCUT2D eigenvalue weighted by molar-refractivity contribution is 4.99. The van der Waals surface area contributed by atoms with Crippen LogP contribution < -0.4 is 5.32 Å². The molecule has 0 aromatic heterocycles. The normalized spacial score (nSPS) is 27.1. The van der Waals surface area contributed by atoms with Crippen molar-refractivity contribution in [2.24, 2.45) is 11.8 Å². The molecule has 1 fully saturated rings. The van der Waals surface area contributed by atoms with E-state index in [-0.39, 0.29) is 12.1 Å². The number of hydrogen-bond donors (Lipinski definition) is 2. The van der Waals surface area contributed by atoms with Crippen LogP contribution in [0.3, 0.4) is 0 Å². The fourth-order valence-electron chi connectivity index (χ4n) is 3.82. The van der Waals surface area contributed by atoms with E-state index in [4.69, 9.17) is 0 Å². The van der Waals surface area contributed by atoms with Crippen molar-refractivity contribution in [3.63, 3.8) is 0 Å². The summed E-state index contributed by atoms with van der Waals surface area (Å²) in [6, 6.07) is 0.445. The van der Waals surface area contributed by atoms with Crippen LogP contribution in [0.4, 0.5) is 0 Å². The first-order valence-electron chi connectivity index (χ1n) is 8.54. The minimum atomic E-state index is -0.0224. The van der Waals surface area contributed by atoms with E-state index in [9.17, 15) is 5.11 Å². The fraction of sp³-hybridized carbons (Fsp3) is 1.00. The van der Waals surface area contributed by atoms with Crippen LogP contribution in [0.2, 0.25) is 0 Å². The lowest BCUT2D eigenvalue weighted by Gasteiger charge is -2.38. The summed E-state index contributed by atoms with van der Waals surface area (Å²) in [7, 11) is 0. The quantitative estimate of drug-likeness (QED) is 0.683. The largest absolute Gasteiger partial charge is 0.394 e. The van der Waals surface area contributed by atoms with Crippen LogP contribution in [0.15, 0.2) is 0 Å². The van der Waals surface area contributed by atoms with E-state index < -0.39 is 0 Å². The van der Waals surface area contributed by atoms with Gasteiger partial charge in [-0.1, -0.05) is 41.0 Å². The van der Waals surface area contributed by atoms with Gasteiger partial charge in [-0.05, 0) is 44.2 Å². The van der Waals surface area contributed by atoms with Gasteiger partial charge in [0.15, 0.2) is 0 Å². The number of rotatable bonds is 9. The lowest BCUT2D eigenvalue weighted by molar-refractivity contribution is 0.102. The van der Waals surface area contributed by atoms with Crippen LogP contribution in [0.25, 0.3) is 0 Å². The van der Waals surface area contributed by atoms with Crippen molar-refractivity contribution >= 4 is 0 Å². The predicted octanol–water partition coefficient (Wildman–Crippen LogP) is 2.88. The molecule has 1 aliphatic carbocycles. The van der Waals surface area contributed by atoms with Crippen molar-refractivity contribution in [1.82, 2.24) is 10.2 Å². The predicted molar refractivity (Wildman–Crippen MR) is 87.0 cm³/mol. The Bertz CT molecular complexity index is 268. The molecule has 0 radical (unpaired) electrons. The van der Waals surface area contributed by atoms with Crippen LogP contribution in [0, 0.1) is 11.8 Å². The standard InChI is InChI=1S/C17H36N2O/c1-6-19(12-14(2)3)11-9-16-8-7-10-17(16,13-20)18-15(4)5/h14-16,18,20H,6-13H2,1-5H3. The van der Waals surface area contributed by atoms with Gasteiger partial charge in [-0.2, -0.15) is 0 Å². The maximum atomic E-state index is 9.93. The second kappa shape index (κ2) is 8.35. The van der Waals surface area contributed by atoms with E-state index in [0.29, 0.717) is 12.0 Å². The summed E-state index contributed by atoms with van der Waals surface area (Å²) in [5.74, 6) is 1.35. The van der Waals surface area contributed by atoms with Crippen molar-refractivity contribution in [2.45, 2.75) is 71.9 Å².